The SMILES string of the molecule is Cl.Cl.NCC(=O)N1CCN(CC2CCCCC2)CC1. The van der Waals surface area contributed by atoms with Crippen molar-refractivity contribution in [3.05, 3.63) is 0 Å². The Morgan fingerprint density at radius 1 is 1.00 bits per heavy atom. The van der Waals surface area contributed by atoms with Crippen LogP contribution in [0.5, 0.6) is 0 Å². The van der Waals surface area contributed by atoms with E-state index in [4.69, 9.17) is 5.73 Å². The van der Waals surface area contributed by atoms with Crippen LogP contribution in [0, 0.1) is 5.92 Å². The predicted octanol–water partition coefficient (Wildman–Crippen LogP) is 1.51. The van der Waals surface area contributed by atoms with Gasteiger partial charge < -0.3 is 10.6 Å². The molecule has 0 radical (unpaired) electrons. The molecule has 2 aliphatic rings. The summed E-state index contributed by atoms with van der Waals surface area (Å²) in [6.07, 6.45) is 7.06. The predicted molar refractivity (Wildman–Crippen MR) is 83.1 cm³/mol. The molecule has 0 unspecified atom stereocenters. The molecule has 0 aromatic heterocycles. The molecule has 114 valence electrons. The van der Waals surface area contributed by atoms with Crippen LogP contribution in [-0.2, 0) is 4.79 Å². The summed E-state index contributed by atoms with van der Waals surface area (Å²) in [7, 11) is 0. The van der Waals surface area contributed by atoms with Gasteiger partial charge in [0.25, 0.3) is 0 Å². The van der Waals surface area contributed by atoms with Gasteiger partial charge in [-0.3, -0.25) is 9.69 Å². The van der Waals surface area contributed by atoms with Crippen molar-refractivity contribution < 1.29 is 4.79 Å². The number of nitrogens with zero attached hydrogens (tertiary/aromatic N) is 2. The molecule has 1 aliphatic carbocycles. The normalized spacial score (nSPS) is 21.4. The molecule has 1 amide bonds. The highest BCUT2D eigenvalue weighted by atomic mass is 35.5. The van der Waals surface area contributed by atoms with Gasteiger partial charge in [0.2, 0.25) is 5.91 Å². The van der Waals surface area contributed by atoms with Crippen molar-refractivity contribution in [1.82, 2.24) is 9.80 Å². The summed E-state index contributed by atoms with van der Waals surface area (Å²) in [4.78, 5) is 15.9. The molecule has 1 saturated carbocycles. The third-order valence-electron chi connectivity index (χ3n) is 4.14. The molecular formula is C13H27Cl2N3O. The Bertz CT molecular complexity index is 252. The zero-order valence-corrected chi connectivity index (χ0v) is 13.2. The second-order valence-electron chi connectivity index (χ2n) is 5.39. The topological polar surface area (TPSA) is 49.6 Å². The number of halogens is 2. The molecule has 0 spiro atoms. The van der Waals surface area contributed by atoms with Crippen molar-refractivity contribution in [2.24, 2.45) is 11.7 Å². The van der Waals surface area contributed by atoms with Crippen molar-refractivity contribution in [3.8, 4) is 0 Å². The van der Waals surface area contributed by atoms with E-state index in [1.165, 1.54) is 38.6 Å². The van der Waals surface area contributed by atoms with E-state index < -0.39 is 0 Å². The van der Waals surface area contributed by atoms with Crippen molar-refractivity contribution >= 4 is 30.7 Å². The third-order valence-corrected chi connectivity index (χ3v) is 4.14. The standard InChI is InChI=1S/C13H25N3O.2ClH/c14-10-13(17)16-8-6-15(7-9-16)11-12-4-2-1-3-5-12;;/h12H,1-11,14H2;2*1H. The van der Waals surface area contributed by atoms with Crippen LogP contribution in [0.2, 0.25) is 0 Å². The van der Waals surface area contributed by atoms with E-state index in [1.54, 1.807) is 0 Å². The Kier molecular flexibility index (Phi) is 9.79. The van der Waals surface area contributed by atoms with Crippen LogP contribution < -0.4 is 5.73 Å². The van der Waals surface area contributed by atoms with Gasteiger partial charge in [-0.1, -0.05) is 19.3 Å². The number of hydrogen-bond acceptors (Lipinski definition) is 3. The maximum Gasteiger partial charge on any atom is 0.236 e. The highest BCUT2D eigenvalue weighted by molar-refractivity contribution is 5.85. The molecule has 0 aromatic rings. The summed E-state index contributed by atoms with van der Waals surface area (Å²) in [6, 6.07) is 0. The van der Waals surface area contributed by atoms with Crippen molar-refractivity contribution in [2.45, 2.75) is 32.1 Å². The Morgan fingerprint density at radius 2 is 1.58 bits per heavy atom. The number of rotatable bonds is 3. The fourth-order valence-electron chi connectivity index (χ4n) is 3.04. The summed E-state index contributed by atoms with van der Waals surface area (Å²) in [5.41, 5.74) is 5.38. The molecule has 0 aromatic carbocycles. The Balaban J connectivity index is 0.00000162. The lowest BCUT2D eigenvalue weighted by atomic mass is 9.89. The average Bonchev–Trinajstić information content (AvgIpc) is 2.40. The maximum atomic E-state index is 11.4. The molecule has 6 heteroatoms. The van der Waals surface area contributed by atoms with E-state index in [1.807, 2.05) is 4.90 Å². The maximum absolute atomic E-state index is 11.4. The lowest BCUT2D eigenvalue weighted by molar-refractivity contribution is -0.131. The van der Waals surface area contributed by atoms with Crippen molar-refractivity contribution in [1.29, 1.82) is 0 Å². The summed E-state index contributed by atoms with van der Waals surface area (Å²) in [5.74, 6) is 1.00. The molecule has 0 atom stereocenters. The molecule has 2 N–H and O–H groups in total. The van der Waals surface area contributed by atoms with Gasteiger partial charge in [0.05, 0.1) is 6.54 Å². The molecular weight excluding hydrogens is 285 g/mol. The molecule has 2 fully saturated rings. The van der Waals surface area contributed by atoms with Crippen LogP contribution in [0.4, 0.5) is 0 Å². The summed E-state index contributed by atoms with van der Waals surface area (Å²) in [5, 5.41) is 0. The number of hydrogen-bond donors (Lipinski definition) is 1. The van der Waals surface area contributed by atoms with Crippen LogP contribution in [0.1, 0.15) is 32.1 Å². The first-order valence-electron chi connectivity index (χ1n) is 7.00. The van der Waals surface area contributed by atoms with E-state index in [-0.39, 0.29) is 37.3 Å². The van der Waals surface area contributed by atoms with Crippen LogP contribution in [-0.4, -0.2) is 55.0 Å². The lowest BCUT2D eigenvalue weighted by Gasteiger charge is -2.37. The quantitative estimate of drug-likeness (QED) is 0.859. The van der Waals surface area contributed by atoms with Gasteiger partial charge in [-0.15, -0.1) is 24.8 Å². The lowest BCUT2D eigenvalue weighted by Crippen LogP contribution is -2.51. The molecule has 2 rings (SSSR count). The Labute approximate surface area is 128 Å². The van der Waals surface area contributed by atoms with E-state index in [0.717, 1.165) is 32.1 Å². The summed E-state index contributed by atoms with van der Waals surface area (Å²) >= 11 is 0. The zero-order chi connectivity index (χ0) is 12.1. The Morgan fingerprint density at radius 3 is 2.11 bits per heavy atom. The van der Waals surface area contributed by atoms with Crippen LogP contribution in [0.3, 0.4) is 0 Å². The number of piperazine rings is 1. The first-order valence-corrected chi connectivity index (χ1v) is 7.00. The minimum Gasteiger partial charge on any atom is -0.339 e. The molecule has 0 bridgehead atoms. The summed E-state index contributed by atoms with van der Waals surface area (Å²) in [6.45, 7) is 5.18. The first kappa shape index (κ1) is 19.0. The largest absolute Gasteiger partial charge is 0.339 e. The monoisotopic (exact) mass is 311 g/mol. The van der Waals surface area contributed by atoms with Gasteiger partial charge >= 0.3 is 0 Å². The first-order chi connectivity index (χ1) is 8.29. The summed E-state index contributed by atoms with van der Waals surface area (Å²) < 4.78 is 0. The van der Waals surface area contributed by atoms with Gasteiger partial charge in [-0.25, -0.2) is 0 Å². The minimum atomic E-state index is 0. The number of nitrogens with two attached hydrogens (primary N) is 1. The molecule has 1 aliphatic heterocycles. The second kappa shape index (κ2) is 9.81. The highest BCUT2D eigenvalue weighted by Gasteiger charge is 2.22. The fourth-order valence-corrected chi connectivity index (χ4v) is 3.04. The average molecular weight is 312 g/mol. The van der Waals surface area contributed by atoms with Gasteiger partial charge in [0.15, 0.2) is 0 Å². The molecule has 1 saturated heterocycles. The number of carbonyl (C=O) groups is 1. The molecule has 1 heterocycles. The highest BCUT2D eigenvalue weighted by Crippen LogP contribution is 2.24. The number of carbonyl (C=O) groups excluding carboxylic acids is 1. The van der Waals surface area contributed by atoms with Crippen molar-refractivity contribution in [3.63, 3.8) is 0 Å². The van der Waals surface area contributed by atoms with Crippen LogP contribution >= 0.6 is 24.8 Å². The van der Waals surface area contributed by atoms with Crippen LogP contribution in [0.25, 0.3) is 0 Å². The van der Waals surface area contributed by atoms with E-state index in [9.17, 15) is 4.79 Å². The minimum absolute atomic E-state index is 0. The van der Waals surface area contributed by atoms with Crippen molar-refractivity contribution in [2.75, 3.05) is 39.3 Å². The van der Waals surface area contributed by atoms with E-state index in [0.29, 0.717) is 0 Å². The molecule has 19 heavy (non-hydrogen) atoms. The zero-order valence-electron chi connectivity index (χ0n) is 11.6. The number of amides is 1. The smallest absolute Gasteiger partial charge is 0.236 e. The van der Waals surface area contributed by atoms with Gasteiger partial charge in [-0.2, -0.15) is 0 Å². The van der Waals surface area contributed by atoms with E-state index in [2.05, 4.69) is 4.90 Å². The van der Waals surface area contributed by atoms with Gasteiger partial charge in [0, 0.05) is 32.7 Å². The second-order valence-corrected chi connectivity index (χ2v) is 5.39. The van der Waals surface area contributed by atoms with Gasteiger partial charge in [-0.05, 0) is 18.8 Å². The fraction of sp³-hybridized carbons (Fsp3) is 0.923. The Hall–Kier alpha value is -0.0300. The van der Waals surface area contributed by atoms with E-state index >= 15 is 0 Å². The van der Waals surface area contributed by atoms with Gasteiger partial charge in [0.1, 0.15) is 0 Å². The third kappa shape index (κ3) is 5.86. The molecule has 4 nitrogen and oxygen atoms in total. The van der Waals surface area contributed by atoms with Crippen LogP contribution in [0.15, 0.2) is 0 Å².